The second-order valence-corrected chi connectivity index (χ2v) is 3.33. The lowest BCUT2D eigenvalue weighted by atomic mass is 10.3. The average molecular weight is 219 g/mol. The van der Waals surface area contributed by atoms with Crippen molar-refractivity contribution in [3.63, 3.8) is 0 Å². The molecule has 0 N–H and O–H groups in total. The quantitative estimate of drug-likeness (QED) is 0.559. The second-order valence-electron chi connectivity index (χ2n) is 3.33. The summed E-state index contributed by atoms with van der Waals surface area (Å²) in [5, 5.41) is 0. The first-order valence-electron chi connectivity index (χ1n) is 4.78. The van der Waals surface area contributed by atoms with Crippen LogP contribution in [0.4, 0.5) is 5.69 Å². The van der Waals surface area contributed by atoms with Crippen LogP contribution in [0, 0.1) is 0 Å². The number of rotatable bonds is 3. The Morgan fingerprint density at radius 2 is 1.62 bits per heavy atom. The number of imide groups is 1. The molecule has 16 heavy (non-hydrogen) atoms. The molecule has 0 unspecified atom stereocenters. The van der Waals surface area contributed by atoms with E-state index in [1.807, 2.05) is 0 Å². The summed E-state index contributed by atoms with van der Waals surface area (Å²) in [6.07, 6.45) is 0.511. The van der Waals surface area contributed by atoms with E-state index >= 15 is 0 Å². The molecule has 1 saturated heterocycles. The topological polar surface area (TPSA) is 63.7 Å². The standard InChI is InChI=1S/C11H9NO4/c13-7-16-9-3-1-8(2-4-9)12-10(14)5-6-11(12)15/h1-4,7H,5-6H2. The van der Waals surface area contributed by atoms with E-state index < -0.39 is 0 Å². The lowest BCUT2D eigenvalue weighted by Crippen LogP contribution is -2.28. The number of hydrogen-bond donors (Lipinski definition) is 0. The van der Waals surface area contributed by atoms with E-state index in [0.29, 0.717) is 17.9 Å². The van der Waals surface area contributed by atoms with E-state index in [0.717, 1.165) is 4.90 Å². The lowest BCUT2D eigenvalue weighted by Gasteiger charge is -2.13. The van der Waals surface area contributed by atoms with Crippen LogP contribution in [0.15, 0.2) is 24.3 Å². The zero-order valence-electron chi connectivity index (χ0n) is 8.38. The van der Waals surface area contributed by atoms with Crippen molar-refractivity contribution in [2.45, 2.75) is 12.8 Å². The molecular formula is C11H9NO4. The minimum absolute atomic E-state index is 0.200. The Morgan fingerprint density at radius 1 is 1.06 bits per heavy atom. The van der Waals surface area contributed by atoms with Gasteiger partial charge < -0.3 is 4.74 Å². The molecule has 0 spiro atoms. The first-order chi connectivity index (χ1) is 7.72. The van der Waals surface area contributed by atoms with Crippen LogP contribution in [-0.2, 0) is 14.4 Å². The first kappa shape index (κ1) is 10.4. The SMILES string of the molecule is O=COc1ccc(N2C(=O)CCC2=O)cc1. The van der Waals surface area contributed by atoms with Crippen molar-refractivity contribution in [1.82, 2.24) is 0 Å². The van der Waals surface area contributed by atoms with Crippen molar-refractivity contribution in [2.75, 3.05) is 4.90 Å². The monoisotopic (exact) mass is 219 g/mol. The fraction of sp³-hybridized carbons (Fsp3) is 0.182. The largest absolute Gasteiger partial charge is 0.429 e. The van der Waals surface area contributed by atoms with Gasteiger partial charge in [0.15, 0.2) is 0 Å². The molecule has 2 rings (SSSR count). The third-order valence-electron chi connectivity index (χ3n) is 2.33. The summed E-state index contributed by atoms with van der Waals surface area (Å²) in [7, 11) is 0. The Balaban J connectivity index is 2.24. The summed E-state index contributed by atoms with van der Waals surface area (Å²) < 4.78 is 4.61. The molecule has 0 saturated carbocycles. The number of benzene rings is 1. The lowest BCUT2D eigenvalue weighted by molar-refractivity contribution is -0.122. The minimum Gasteiger partial charge on any atom is -0.429 e. The number of ether oxygens (including phenoxy) is 1. The van der Waals surface area contributed by atoms with Crippen LogP contribution in [-0.4, -0.2) is 18.3 Å². The zero-order chi connectivity index (χ0) is 11.5. The third-order valence-corrected chi connectivity index (χ3v) is 2.33. The van der Waals surface area contributed by atoms with Crippen LogP contribution in [0.25, 0.3) is 0 Å². The van der Waals surface area contributed by atoms with Crippen LogP contribution in [0.5, 0.6) is 5.75 Å². The number of nitrogens with zero attached hydrogens (tertiary/aromatic N) is 1. The van der Waals surface area contributed by atoms with Crippen molar-refractivity contribution in [1.29, 1.82) is 0 Å². The smallest absolute Gasteiger partial charge is 0.298 e. The molecule has 1 aromatic carbocycles. The van der Waals surface area contributed by atoms with E-state index in [1.54, 1.807) is 12.1 Å². The van der Waals surface area contributed by atoms with Gasteiger partial charge in [0.1, 0.15) is 5.75 Å². The van der Waals surface area contributed by atoms with Crippen LogP contribution in [0.3, 0.4) is 0 Å². The van der Waals surface area contributed by atoms with Crippen molar-refractivity contribution in [2.24, 2.45) is 0 Å². The van der Waals surface area contributed by atoms with Crippen LogP contribution < -0.4 is 9.64 Å². The van der Waals surface area contributed by atoms with Gasteiger partial charge in [0.25, 0.3) is 6.47 Å². The number of hydrogen-bond acceptors (Lipinski definition) is 4. The highest BCUT2D eigenvalue weighted by Gasteiger charge is 2.29. The highest BCUT2D eigenvalue weighted by atomic mass is 16.5. The van der Waals surface area contributed by atoms with Crippen molar-refractivity contribution in [3.05, 3.63) is 24.3 Å². The Labute approximate surface area is 91.6 Å². The van der Waals surface area contributed by atoms with Gasteiger partial charge in [0, 0.05) is 12.8 Å². The fourth-order valence-electron chi connectivity index (χ4n) is 1.59. The van der Waals surface area contributed by atoms with Crippen LogP contribution >= 0.6 is 0 Å². The van der Waals surface area contributed by atoms with Gasteiger partial charge in [0.2, 0.25) is 11.8 Å². The number of amides is 2. The van der Waals surface area contributed by atoms with Gasteiger partial charge in [-0.3, -0.25) is 19.3 Å². The molecular weight excluding hydrogens is 210 g/mol. The van der Waals surface area contributed by atoms with Gasteiger partial charge in [-0.15, -0.1) is 0 Å². The molecule has 2 amide bonds. The Morgan fingerprint density at radius 3 is 2.12 bits per heavy atom. The summed E-state index contributed by atoms with van der Waals surface area (Å²) in [4.78, 5) is 34.0. The molecule has 0 atom stereocenters. The maximum Gasteiger partial charge on any atom is 0.298 e. The molecule has 1 aliphatic rings. The van der Waals surface area contributed by atoms with Gasteiger partial charge in [-0.05, 0) is 24.3 Å². The van der Waals surface area contributed by atoms with E-state index in [9.17, 15) is 14.4 Å². The summed E-state index contributed by atoms with van der Waals surface area (Å²) in [6, 6.07) is 6.20. The molecule has 82 valence electrons. The Kier molecular flexibility index (Phi) is 2.68. The molecule has 5 heteroatoms. The normalized spacial score (nSPS) is 15.4. The second kappa shape index (κ2) is 4.14. The fourth-order valence-corrected chi connectivity index (χ4v) is 1.59. The maximum atomic E-state index is 11.4. The number of carbonyl (C=O) groups is 3. The van der Waals surface area contributed by atoms with Crippen molar-refractivity contribution < 1.29 is 19.1 Å². The van der Waals surface area contributed by atoms with E-state index in [2.05, 4.69) is 4.74 Å². The molecule has 1 aromatic rings. The van der Waals surface area contributed by atoms with E-state index in [4.69, 9.17) is 0 Å². The minimum atomic E-state index is -0.200. The molecule has 0 bridgehead atoms. The zero-order valence-corrected chi connectivity index (χ0v) is 8.38. The van der Waals surface area contributed by atoms with E-state index in [-0.39, 0.29) is 24.7 Å². The summed E-state index contributed by atoms with van der Waals surface area (Å²) in [5.41, 5.74) is 0.505. The average Bonchev–Trinajstić information content (AvgIpc) is 2.61. The molecule has 1 heterocycles. The van der Waals surface area contributed by atoms with E-state index in [1.165, 1.54) is 12.1 Å². The molecule has 1 aliphatic heterocycles. The number of carbonyl (C=O) groups excluding carboxylic acids is 3. The highest BCUT2D eigenvalue weighted by Crippen LogP contribution is 2.24. The predicted octanol–water partition coefficient (Wildman–Crippen LogP) is 0.875. The number of anilines is 1. The van der Waals surface area contributed by atoms with Crippen molar-refractivity contribution >= 4 is 24.0 Å². The van der Waals surface area contributed by atoms with Crippen LogP contribution in [0.2, 0.25) is 0 Å². The Bertz CT molecular complexity index is 422. The Hall–Kier alpha value is -2.17. The predicted molar refractivity (Wildman–Crippen MR) is 54.9 cm³/mol. The molecule has 0 aromatic heterocycles. The van der Waals surface area contributed by atoms with Gasteiger partial charge in [-0.2, -0.15) is 0 Å². The van der Waals surface area contributed by atoms with Crippen LogP contribution in [0.1, 0.15) is 12.8 Å². The maximum absolute atomic E-state index is 11.4. The van der Waals surface area contributed by atoms with Gasteiger partial charge in [-0.25, -0.2) is 0 Å². The van der Waals surface area contributed by atoms with Gasteiger partial charge in [0.05, 0.1) is 5.69 Å². The molecule has 1 fully saturated rings. The van der Waals surface area contributed by atoms with Gasteiger partial charge in [-0.1, -0.05) is 0 Å². The molecule has 0 radical (unpaired) electrons. The highest BCUT2D eigenvalue weighted by molar-refractivity contribution is 6.19. The van der Waals surface area contributed by atoms with Crippen molar-refractivity contribution in [3.8, 4) is 5.75 Å². The first-order valence-corrected chi connectivity index (χ1v) is 4.78. The van der Waals surface area contributed by atoms with Gasteiger partial charge >= 0.3 is 0 Å². The molecule has 0 aliphatic carbocycles. The summed E-state index contributed by atoms with van der Waals surface area (Å²) in [6.45, 7) is 0.321. The summed E-state index contributed by atoms with van der Waals surface area (Å²) >= 11 is 0. The summed E-state index contributed by atoms with van der Waals surface area (Å²) in [5.74, 6) is -0.0269. The third kappa shape index (κ3) is 1.79. The molecule has 5 nitrogen and oxygen atoms in total.